The Bertz CT molecular complexity index is 381. The Morgan fingerprint density at radius 3 is 2.11 bits per heavy atom. The third kappa shape index (κ3) is 4.39. The molecular weight excluding hydrogens is 280 g/mol. The fraction of sp³-hybridized carbons (Fsp3) is 0.500. The van der Waals surface area contributed by atoms with Gasteiger partial charge < -0.3 is 4.55 Å². The molecule has 0 radical (unpaired) electrons. The molecule has 0 saturated carbocycles. The second-order valence-electron chi connectivity index (χ2n) is 4.86. The van der Waals surface area contributed by atoms with Gasteiger partial charge in [-0.3, -0.25) is 0 Å². The summed E-state index contributed by atoms with van der Waals surface area (Å²) in [6.45, 7) is 5.17. The van der Waals surface area contributed by atoms with Crippen molar-refractivity contribution in [3.63, 3.8) is 0 Å². The van der Waals surface area contributed by atoms with Gasteiger partial charge in [0.05, 0.1) is 0 Å². The highest BCUT2D eigenvalue weighted by molar-refractivity contribution is 7.90. The summed E-state index contributed by atoms with van der Waals surface area (Å²) in [4.78, 5) is 0. The maximum Gasteiger partial charge on any atom is 0.262 e. The summed E-state index contributed by atoms with van der Waals surface area (Å²) in [5, 5.41) is 0.476. The first kappa shape index (κ1) is 15.7. The summed E-state index contributed by atoms with van der Waals surface area (Å²) in [7, 11) is 0. The molecule has 18 heavy (non-hydrogen) atoms. The molecule has 0 spiro atoms. The predicted molar refractivity (Wildman–Crippen MR) is 71.2 cm³/mol. The quantitative estimate of drug-likeness (QED) is 0.860. The van der Waals surface area contributed by atoms with Crippen molar-refractivity contribution in [1.29, 1.82) is 0 Å². The second kappa shape index (κ2) is 6.19. The molecule has 2 atom stereocenters. The first-order valence-corrected chi connectivity index (χ1v) is 6.96. The highest BCUT2D eigenvalue weighted by atomic mass is 35.5. The van der Waals surface area contributed by atoms with Crippen molar-refractivity contribution in [1.82, 2.24) is 4.72 Å². The van der Waals surface area contributed by atoms with E-state index in [0.29, 0.717) is 10.6 Å². The lowest BCUT2D eigenvalue weighted by molar-refractivity contribution is 0.109. The van der Waals surface area contributed by atoms with Gasteiger partial charge in [-0.25, -0.2) is 8.78 Å². The highest BCUT2D eigenvalue weighted by Crippen LogP contribution is 2.25. The topological polar surface area (TPSA) is 35.1 Å². The molecule has 0 aromatic heterocycles. The van der Waals surface area contributed by atoms with Crippen LogP contribution in [0.5, 0.6) is 0 Å². The fourth-order valence-electron chi connectivity index (χ4n) is 1.23. The smallest absolute Gasteiger partial charge is 0.262 e. The third-order valence-electron chi connectivity index (χ3n) is 2.27. The van der Waals surface area contributed by atoms with E-state index in [1.54, 1.807) is 20.8 Å². The van der Waals surface area contributed by atoms with E-state index in [0.717, 1.165) is 0 Å². The Kier molecular flexibility index (Phi) is 5.40. The first-order chi connectivity index (χ1) is 8.21. The zero-order valence-electron chi connectivity index (χ0n) is 10.4. The van der Waals surface area contributed by atoms with Crippen molar-refractivity contribution in [2.75, 3.05) is 0 Å². The molecule has 0 fully saturated rings. The standard InChI is InChI=1S/C12H16ClF2NOS/c1-12(2,3)18(17)16-10(11(14)15)8-4-6-9(13)7-5-8/h4-7,10-11,16H,1-3H3/t10-,18?/m1/s1. The van der Waals surface area contributed by atoms with Crippen molar-refractivity contribution in [3.8, 4) is 0 Å². The molecule has 0 aliphatic carbocycles. The SMILES string of the molecule is CC(C)(C)[S+]([O-])N[C@H](c1ccc(Cl)cc1)C(F)F. The number of hydrogen-bond acceptors (Lipinski definition) is 2. The Morgan fingerprint density at radius 1 is 1.22 bits per heavy atom. The Labute approximate surface area is 114 Å². The van der Waals surface area contributed by atoms with Crippen LogP contribution in [0.25, 0.3) is 0 Å². The van der Waals surface area contributed by atoms with E-state index in [-0.39, 0.29) is 0 Å². The van der Waals surface area contributed by atoms with Crippen molar-refractivity contribution in [3.05, 3.63) is 34.9 Å². The second-order valence-corrected chi connectivity index (χ2v) is 7.30. The van der Waals surface area contributed by atoms with Crippen molar-refractivity contribution in [2.45, 2.75) is 38.0 Å². The van der Waals surface area contributed by atoms with Gasteiger partial charge in [0.1, 0.15) is 10.8 Å². The minimum Gasteiger partial charge on any atom is -0.598 e. The highest BCUT2D eigenvalue weighted by Gasteiger charge is 2.33. The number of benzene rings is 1. The lowest BCUT2D eigenvalue weighted by atomic mass is 10.1. The van der Waals surface area contributed by atoms with Gasteiger partial charge in [0.2, 0.25) is 0 Å². The van der Waals surface area contributed by atoms with Crippen LogP contribution in [-0.2, 0) is 11.4 Å². The zero-order chi connectivity index (χ0) is 13.9. The minimum atomic E-state index is -2.64. The Hall–Kier alpha value is -0.360. The van der Waals surface area contributed by atoms with Gasteiger partial charge in [0, 0.05) is 16.4 Å². The summed E-state index contributed by atoms with van der Waals surface area (Å²) >= 11 is 4.15. The van der Waals surface area contributed by atoms with Crippen LogP contribution in [0, 0.1) is 0 Å². The zero-order valence-corrected chi connectivity index (χ0v) is 12.0. The Balaban J connectivity index is 2.87. The molecule has 1 unspecified atom stereocenters. The average Bonchev–Trinajstić information content (AvgIpc) is 2.25. The summed E-state index contributed by atoms with van der Waals surface area (Å²) in [5.74, 6) is 0. The molecule has 1 rings (SSSR count). The van der Waals surface area contributed by atoms with E-state index in [2.05, 4.69) is 4.72 Å². The summed E-state index contributed by atoms with van der Waals surface area (Å²) in [6.07, 6.45) is -2.64. The van der Waals surface area contributed by atoms with E-state index in [4.69, 9.17) is 11.6 Å². The van der Waals surface area contributed by atoms with Gasteiger partial charge in [-0.1, -0.05) is 23.7 Å². The van der Waals surface area contributed by atoms with Gasteiger partial charge in [-0.15, -0.1) is 4.72 Å². The fourth-order valence-corrected chi connectivity index (χ4v) is 2.18. The number of alkyl halides is 2. The molecule has 6 heteroatoms. The summed E-state index contributed by atoms with van der Waals surface area (Å²) in [5.41, 5.74) is 0.368. The number of rotatable bonds is 4. The van der Waals surface area contributed by atoms with Crippen molar-refractivity contribution < 1.29 is 13.3 Å². The van der Waals surface area contributed by atoms with Gasteiger partial charge in [-0.05, 0) is 38.5 Å². The average molecular weight is 296 g/mol. The van der Waals surface area contributed by atoms with E-state index in [1.165, 1.54) is 24.3 Å². The van der Waals surface area contributed by atoms with Crippen LogP contribution in [0.4, 0.5) is 8.78 Å². The van der Waals surface area contributed by atoms with E-state index in [9.17, 15) is 13.3 Å². The van der Waals surface area contributed by atoms with Crippen LogP contribution in [-0.4, -0.2) is 15.7 Å². The number of halogens is 3. The van der Waals surface area contributed by atoms with Crippen molar-refractivity contribution >= 4 is 23.0 Å². The molecule has 1 aromatic rings. The van der Waals surface area contributed by atoms with Crippen LogP contribution in [0.1, 0.15) is 32.4 Å². The molecule has 0 saturated heterocycles. The normalized spacial score (nSPS) is 15.8. The monoisotopic (exact) mass is 295 g/mol. The maximum absolute atomic E-state index is 13.0. The van der Waals surface area contributed by atoms with Crippen LogP contribution in [0.2, 0.25) is 5.02 Å². The molecule has 0 amide bonds. The molecular formula is C12H16ClF2NOS. The van der Waals surface area contributed by atoms with Crippen LogP contribution >= 0.6 is 11.6 Å². The largest absolute Gasteiger partial charge is 0.598 e. The van der Waals surface area contributed by atoms with Crippen molar-refractivity contribution in [2.24, 2.45) is 0 Å². The minimum absolute atomic E-state index is 0.368. The lowest BCUT2D eigenvalue weighted by Crippen LogP contribution is -2.43. The lowest BCUT2D eigenvalue weighted by Gasteiger charge is -2.27. The molecule has 2 nitrogen and oxygen atoms in total. The third-order valence-corrected chi connectivity index (χ3v) is 4.10. The van der Waals surface area contributed by atoms with Crippen LogP contribution in [0.3, 0.4) is 0 Å². The van der Waals surface area contributed by atoms with Crippen LogP contribution < -0.4 is 4.72 Å². The van der Waals surface area contributed by atoms with E-state index in [1.807, 2.05) is 0 Å². The molecule has 0 aliphatic rings. The van der Waals surface area contributed by atoms with Gasteiger partial charge in [0.25, 0.3) is 6.43 Å². The summed E-state index contributed by atoms with van der Waals surface area (Å²) in [6, 6.07) is 4.82. The van der Waals surface area contributed by atoms with E-state index >= 15 is 0 Å². The number of nitrogens with one attached hydrogen (secondary N) is 1. The molecule has 0 aliphatic heterocycles. The maximum atomic E-state index is 13.0. The van der Waals surface area contributed by atoms with Gasteiger partial charge in [-0.2, -0.15) is 0 Å². The molecule has 0 bridgehead atoms. The van der Waals surface area contributed by atoms with Gasteiger partial charge in [0.15, 0.2) is 0 Å². The van der Waals surface area contributed by atoms with Crippen LogP contribution in [0.15, 0.2) is 24.3 Å². The van der Waals surface area contributed by atoms with E-state index < -0.39 is 28.6 Å². The number of hydrogen-bond donors (Lipinski definition) is 1. The summed E-state index contributed by atoms with van der Waals surface area (Å²) < 4.78 is 39.7. The Morgan fingerprint density at radius 2 is 1.72 bits per heavy atom. The van der Waals surface area contributed by atoms with Gasteiger partial charge >= 0.3 is 0 Å². The predicted octanol–water partition coefficient (Wildman–Crippen LogP) is 3.70. The molecule has 102 valence electrons. The molecule has 1 aromatic carbocycles. The molecule has 0 heterocycles. The molecule has 1 N–H and O–H groups in total. The first-order valence-electron chi connectivity index (χ1n) is 5.43.